The summed E-state index contributed by atoms with van der Waals surface area (Å²) in [6, 6.07) is 9.53. The minimum Gasteiger partial charge on any atom is -0.379 e. The third-order valence-corrected chi connectivity index (χ3v) is 6.35. The zero-order valence-corrected chi connectivity index (χ0v) is 22.4. The molecule has 0 aliphatic carbocycles. The summed E-state index contributed by atoms with van der Waals surface area (Å²) in [6.07, 6.45) is 4.23. The fourth-order valence-electron chi connectivity index (χ4n) is 4.32. The molecule has 0 unspecified atom stereocenters. The fourth-order valence-corrected chi connectivity index (χ4v) is 4.32. The molecule has 1 aliphatic heterocycles. The van der Waals surface area contributed by atoms with Crippen molar-refractivity contribution in [1.82, 2.24) is 4.90 Å². The number of amides is 1. The average molecular weight is 494 g/mol. The summed E-state index contributed by atoms with van der Waals surface area (Å²) < 4.78 is 31.1. The third-order valence-electron chi connectivity index (χ3n) is 6.35. The van der Waals surface area contributed by atoms with Crippen LogP contribution in [0.1, 0.15) is 71.8 Å². The molecule has 0 N–H and O–H groups in total. The predicted molar refractivity (Wildman–Crippen MR) is 137 cm³/mol. The first-order valence-corrected chi connectivity index (χ1v) is 13.4. The van der Waals surface area contributed by atoms with Crippen LogP contribution in [-0.2, 0) is 35.0 Å². The molecule has 1 saturated heterocycles. The van der Waals surface area contributed by atoms with Gasteiger partial charge >= 0.3 is 0 Å². The summed E-state index contributed by atoms with van der Waals surface area (Å²) in [5.41, 5.74) is 1.04. The van der Waals surface area contributed by atoms with Crippen molar-refractivity contribution in [1.29, 1.82) is 0 Å². The molecule has 0 aromatic heterocycles. The lowest BCUT2D eigenvalue weighted by molar-refractivity contribution is -0.295. The lowest BCUT2D eigenvalue weighted by atomic mass is 9.94. The number of unbranched alkanes of at least 4 members (excludes halogenated alkanes) is 3. The summed E-state index contributed by atoms with van der Waals surface area (Å²) >= 11 is 0. The van der Waals surface area contributed by atoms with Crippen molar-refractivity contribution in [2.45, 2.75) is 103 Å². The highest BCUT2D eigenvalue weighted by molar-refractivity contribution is 5.73. The number of benzene rings is 1. The van der Waals surface area contributed by atoms with Gasteiger partial charge in [0.2, 0.25) is 5.91 Å². The van der Waals surface area contributed by atoms with E-state index in [1.165, 1.54) is 0 Å². The molecule has 5 atom stereocenters. The van der Waals surface area contributed by atoms with E-state index in [4.69, 9.17) is 23.7 Å². The van der Waals surface area contributed by atoms with Crippen molar-refractivity contribution in [3.8, 4) is 0 Å². The highest BCUT2D eigenvalue weighted by Crippen LogP contribution is 2.32. The molecule has 7 heteroatoms. The Labute approximate surface area is 212 Å². The molecule has 0 spiro atoms. The van der Waals surface area contributed by atoms with E-state index in [1.54, 1.807) is 14.0 Å². The minimum absolute atomic E-state index is 0.0569. The molecule has 1 fully saturated rings. The number of nitrogens with zero attached hydrogens (tertiary/aromatic N) is 1. The minimum atomic E-state index is -0.653. The summed E-state index contributed by atoms with van der Waals surface area (Å²) in [4.78, 5) is 14.8. The lowest BCUT2D eigenvalue weighted by Crippen LogP contribution is -2.66. The smallest absolute Gasteiger partial charge is 0.220 e. The van der Waals surface area contributed by atoms with Crippen LogP contribution in [0.4, 0.5) is 0 Å². The maximum Gasteiger partial charge on any atom is 0.220 e. The van der Waals surface area contributed by atoms with Crippen molar-refractivity contribution < 1.29 is 28.5 Å². The zero-order valence-electron chi connectivity index (χ0n) is 22.4. The topological polar surface area (TPSA) is 66.5 Å². The lowest BCUT2D eigenvalue weighted by Gasteiger charge is -2.49. The van der Waals surface area contributed by atoms with Crippen LogP contribution in [0.3, 0.4) is 0 Å². The summed E-state index contributed by atoms with van der Waals surface area (Å²) in [5.74, 6) is -0.0569. The molecule has 1 amide bonds. The molecule has 1 aliphatic rings. The Morgan fingerprint density at radius 2 is 1.51 bits per heavy atom. The molecule has 2 rings (SSSR count). The number of hydrogen-bond donors (Lipinski definition) is 0. The Morgan fingerprint density at radius 3 is 2.09 bits per heavy atom. The van der Waals surface area contributed by atoms with E-state index in [0.717, 1.165) is 44.1 Å². The molecule has 200 valence electrons. The quantitative estimate of drug-likeness (QED) is 0.286. The maximum atomic E-state index is 13.0. The first kappa shape index (κ1) is 29.7. The van der Waals surface area contributed by atoms with Crippen molar-refractivity contribution in [3.63, 3.8) is 0 Å². The van der Waals surface area contributed by atoms with Gasteiger partial charge in [-0.05, 0) is 24.8 Å². The van der Waals surface area contributed by atoms with Crippen molar-refractivity contribution in [2.75, 3.05) is 33.5 Å². The molecule has 0 radical (unpaired) electrons. The van der Waals surface area contributed by atoms with Gasteiger partial charge in [0.15, 0.2) is 6.29 Å². The summed E-state index contributed by atoms with van der Waals surface area (Å²) in [6.45, 7) is 10.7. The van der Waals surface area contributed by atoms with E-state index in [-0.39, 0.29) is 18.1 Å². The van der Waals surface area contributed by atoms with E-state index in [9.17, 15) is 4.79 Å². The largest absolute Gasteiger partial charge is 0.379 e. The third kappa shape index (κ3) is 9.47. The van der Waals surface area contributed by atoms with Gasteiger partial charge in [0.05, 0.1) is 6.61 Å². The van der Waals surface area contributed by atoms with Crippen LogP contribution in [0, 0.1) is 0 Å². The first-order chi connectivity index (χ1) is 17.1. The van der Waals surface area contributed by atoms with E-state index >= 15 is 0 Å². The van der Waals surface area contributed by atoms with Crippen LogP contribution in [0.2, 0.25) is 0 Å². The molecule has 0 saturated carbocycles. The highest BCUT2D eigenvalue weighted by Gasteiger charge is 2.50. The van der Waals surface area contributed by atoms with Crippen LogP contribution >= 0.6 is 0 Å². The molecule has 1 heterocycles. The molecule has 0 bridgehead atoms. The fraction of sp³-hybridized carbons (Fsp3) is 0.750. The van der Waals surface area contributed by atoms with Crippen LogP contribution in [-0.4, -0.2) is 75.0 Å². The van der Waals surface area contributed by atoms with Gasteiger partial charge in [-0.1, -0.05) is 70.4 Å². The van der Waals surface area contributed by atoms with Gasteiger partial charge in [-0.25, -0.2) is 0 Å². The molecular weight excluding hydrogens is 446 g/mol. The van der Waals surface area contributed by atoms with Gasteiger partial charge in [-0.15, -0.1) is 0 Å². The second-order valence-corrected chi connectivity index (χ2v) is 9.21. The van der Waals surface area contributed by atoms with Crippen LogP contribution < -0.4 is 0 Å². The Morgan fingerprint density at radius 1 is 0.914 bits per heavy atom. The number of methoxy groups -OCH3 is 1. The van der Waals surface area contributed by atoms with Gasteiger partial charge in [0.25, 0.3) is 0 Å². The summed E-state index contributed by atoms with van der Waals surface area (Å²) in [5, 5.41) is 0. The van der Waals surface area contributed by atoms with E-state index < -0.39 is 18.4 Å². The van der Waals surface area contributed by atoms with Gasteiger partial charge in [-0.3, -0.25) is 4.79 Å². The normalized spacial score (nSPS) is 24.4. The van der Waals surface area contributed by atoms with Crippen molar-refractivity contribution in [3.05, 3.63) is 35.9 Å². The second-order valence-electron chi connectivity index (χ2n) is 9.21. The second kappa shape index (κ2) is 17.0. The molecule has 35 heavy (non-hydrogen) atoms. The van der Waals surface area contributed by atoms with E-state index in [1.807, 2.05) is 35.2 Å². The number of ether oxygens (including phenoxy) is 5. The van der Waals surface area contributed by atoms with Gasteiger partial charge in [0.1, 0.15) is 24.4 Å². The number of carbonyl (C=O) groups is 1. The van der Waals surface area contributed by atoms with Crippen LogP contribution in [0.15, 0.2) is 30.3 Å². The van der Waals surface area contributed by atoms with Gasteiger partial charge < -0.3 is 28.6 Å². The number of hydrogen-bond acceptors (Lipinski definition) is 6. The van der Waals surface area contributed by atoms with Gasteiger partial charge in [0, 0.05) is 40.4 Å². The SMILES string of the molecule is CCCCOC[C@H]1O[C@@H](OC)[C@@H](N(Cc2ccccc2)C(C)=O)[C@@H](OCCCC)[C@H]1OCCCC. The highest BCUT2D eigenvalue weighted by atomic mass is 16.7. The zero-order chi connectivity index (χ0) is 25.5. The Balaban J connectivity index is 2.37. The Kier molecular flexibility index (Phi) is 14.5. The Hall–Kier alpha value is -1.51. The Bertz CT molecular complexity index is 687. The van der Waals surface area contributed by atoms with E-state index in [2.05, 4.69) is 20.8 Å². The summed E-state index contributed by atoms with van der Waals surface area (Å²) in [7, 11) is 1.62. The van der Waals surface area contributed by atoms with E-state index in [0.29, 0.717) is 33.0 Å². The molecule has 1 aromatic carbocycles. The number of rotatable bonds is 17. The monoisotopic (exact) mass is 493 g/mol. The average Bonchev–Trinajstić information content (AvgIpc) is 2.87. The van der Waals surface area contributed by atoms with Gasteiger partial charge in [-0.2, -0.15) is 0 Å². The molecular formula is C28H47NO6. The first-order valence-electron chi connectivity index (χ1n) is 13.4. The molecule has 1 aromatic rings. The maximum absolute atomic E-state index is 13.0. The molecule has 7 nitrogen and oxygen atoms in total. The number of carbonyl (C=O) groups excluding carboxylic acids is 1. The van der Waals surface area contributed by atoms with Crippen molar-refractivity contribution in [2.24, 2.45) is 0 Å². The standard InChI is InChI=1S/C28H47NO6/c1-6-9-17-32-21-24-26(33-18-10-7-2)27(34-19-11-8-3)25(28(31-5)35-24)29(22(4)30)20-23-15-13-12-14-16-23/h12-16,24-28H,6-11,17-21H2,1-5H3/t24-,25+,26+,27-,28-/m1/s1. The van der Waals surface area contributed by atoms with Crippen molar-refractivity contribution >= 4 is 5.91 Å². The van der Waals surface area contributed by atoms with Crippen LogP contribution in [0.25, 0.3) is 0 Å². The predicted octanol–water partition coefficient (Wildman–Crippen LogP) is 4.96. The van der Waals surface area contributed by atoms with Crippen LogP contribution in [0.5, 0.6) is 0 Å².